The summed E-state index contributed by atoms with van der Waals surface area (Å²) in [4.78, 5) is 0. The zero-order valence-electron chi connectivity index (χ0n) is 9.27. The molecule has 2 nitrogen and oxygen atoms in total. The number of hydrogen-bond acceptors (Lipinski definition) is 2. The molecule has 18 heavy (non-hydrogen) atoms. The van der Waals surface area contributed by atoms with Crippen LogP contribution in [0.1, 0.15) is 5.56 Å². The van der Waals surface area contributed by atoms with E-state index in [-0.39, 0.29) is 11.5 Å². The second kappa shape index (κ2) is 5.59. The second-order valence-electron chi connectivity index (χ2n) is 3.72. The van der Waals surface area contributed by atoms with Crippen LogP contribution in [-0.2, 0) is 0 Å². The van der Waals surface area contributed by atoms with Crippen molar-refractivity contribution in [3.63, 3.8) is 0 Å². The van der Waals surface area contributed by atoms with Gasteiger partial charge in [0.05, 0.1) is 10.0 Å². The van der Waals surface area contributed by atoms with E-state index in [4.69, 9.17) is 0 Å². The molecule has 0 aliphatic heterocycles. The van der Waals surface area contributed by atoms with Gasteiger partial charge in [0, 0.05) is 4.47 Å². The first-order valence-electron chi connectivity index (χ1n) is 5.22. The molecule has 0 radical (unpaired) electrons. The van der Waals surface area contributed by atoms with Crippen LogP contribution in [0.25, 0.3) is 5.76 Å². The highest BCUT2D eigenvalue weighted by Gasteiger charge is 2.10. The summed E-state index contributed by atoms with van der Waals surface area (Å²) >= 11 is 6.54. The largest absolute Gasteiger partial charge is 0.507 e. The normalized spacial score (nSPS) is 14.3. The SMILES string of the molecule is O/C(=C\C=C1C=CC=C1)c1cc(Br)cc(Br)c1O. The van der Waals surface area contributed by atoms with Crippen LogP contribution < -0.4 is 0 Å². The fourth-order valence-electron chi connectivity index (χ4n) is 1.53. The Morgan fingerprint density at radius 2 is 1.78 bits per heavy atom. The maximum Gasteiger partial charge on any atom is 0.140 e. The number of aromatic hydroxyl groups is 1. The van der Waals surface area contributed by atoms with Gasteiger partial charge in [-0.05, 0) is 39.7 Å². The van der Waals surface area contributed by atoms with Gasteiger partial charge < -0.3 is 10.2 Å². The summed E-state index contributed by atoms with van der Waals surface area (Å²) in [6, 6.07) is 3.37. The van der Waals surface area contributed by atoms with E-state index in [1.54, 1.807) is 24.3 Å². The molecule has 0 saturated carbocycles. The molecule has 1 aromatic carbocycles. The van der Waals surface area contributed by atoms with E-state index in [0.29, 0.717) is 10.0 Å². The molecule has 0 atom stereocenters. The first-order chi connectivity index (χ1) is 8.58. The lowest BCUT2D eigenvalue weighted by Gasteiger charge is -2.06. The van der Waals surface area contributed by atoms with Crippen LogP contribution in [0.5, 0.6) is 5.75 Å². The Morgan fingerprint density at radius 3 is 2.44 bits per heavy atom. The summed E-state index contributed by atoms with van der Waals surface area (Å²) in [5.41, 5.74) is 1.37. The maximum atomic E-state index is 9.98. The zero-order valence-corrected chi connectivity index (χ0v) is 12.4. The number of rotatable bonds is 2. The van der Waals surface area contributed by atoms with Crippen LogP contribution in [0.3, 0.4) is 0 Å². The smallest absolute Gasteiger partial charge is 0.140 e. The number of hydrogen-bond donors (Lipinski definition) is 2. The highest BCUT2D eigenvalue weighted by atomic mass is 79.9. The van der Waals surface area contributed by atoms with Crippen molar-refractivity contribution >= 4 is 37.6 Å². The molecule has 4 heteroatoms. The lowest BCUT2D eigenvalue weighted by atomic mass is 10.1. The van der Waals surface area contributed by atoms with Crippen molar-refractivity contribution in [2.45, 2.75) is 0 Å². The molecule has 0 amide bonds. The molecular formula is C14H10Br2O2. The van der Waals surface area contributed by atoms with Crippen LogP contribution in [0, 0.1) is 0 Å². The Labute approximate surface area is 122 Å². The predicted molar refractivity (Wildman–Crippen MR) is 80.5 cm³/mol. The molecule has 0 fully saturated rings. The first kappa shape index (κ1) is 13.2. The van der Waals surface area contributed by atoms with Gasteiger partial charge in [0.15, 0.2) is 0 Å². The molecule has 0 saturated heterocycles. The third kappa shape index (κ3) is 2.94. The molecule has 0 aromatic heterocycles. The average Bonchev–Trinajstić information content (AvgIpc) is 2.83. The summed E-state index contributed by atoms with van der Waals surface area (Å²) in [6.45, 7) is 0. The van der Waals surface area contributed by atoms with Gasteiger partial charge in [-0.1, -0.05) is 46.3 Å². The third-order valence-corrected chi connectivity index (χ3v) is 3.49. The Bertz CT molecular complexity index is 582. The van der Waals surface area contributed by atoms with Gasteiger partial charge in [0.2, 0.25) is 0 Å². The molecule has 2 N–H and O–H groups in total. The topological polar surface area (TPSA) is 40.5 Å². The van der Waals surface area contributed by atoms with Crippen LogP contribution >= 0.6 is 31.9 Å². The Balaban J connectivity index is 2.36. The van der Waals surface area contributed by atoms with Crippen LogP contribution in [0.15, 0.2) is 63.1 Å². The molecule has 92 valence electrons. The third-order valence-electron chi connectivity index (χ3n) is 2.43. The number of aliphatic hydroxyl groups excluding tert-OH is 1. The van der Waals surface area contributed by atoms with Gasteiger partial charge in [-0.3, -0.25) is 0 Å². The summed E-state index contributed by atoms with van der Waals surface area (Å²) < 4.78 is 1.30. The lowest BCUT2D eigenvalue weighted by molar-refractivity contribution is 0.457. The molecule has 0 unspecified atom stereocenters. The van der Waals surface area contributed by atoms with Gasteiger partial charge in [-0.25, -0.2) is 0 Å². The Kier molecular flexibility index (Phi) is 4.09. The highest BCUT2D eigenvalue weighted by Crippen LogP contribution is 2.34. The monoisotopic (exact) mass is 368 g/mol. The van der Waals surface area contributed by atoms with Crippen molar-refractivity contribution in [1.29, 1.82) is 0 Å². The van der Waals surface area contributed by atoms with Crippen LogP contribution in [0.4, 0.5) is 0 Å². The number of aliphatic hydroxyl groups is 1. The Morgan fingerprint density at radius 1 is 1.11 bits per heavy atom. The number of phenols is 1. The van der Waals surface area contributed by atoms with Crippen molar-refractivity contribution in [2.75, 3.05) is 0 Å². The standard InChI is InChI=1S/C14H10Br2O2/c15-10-7-11(14(18)12(16)8-10)13(17)6-5-9-3-1-2-4-9/h1-8,17-18H/b13-6-. The van der Waals surface area contributed by atoms with Crippen LogP contribution in [-0.4, -0.2) is 10.2 Å². The average molecular weight is 370 g/mol. The Hall–Kier alpha value is -1.26. The molecule has 2 rings (SSSR count). The summed E-state index contributed by atoms with van der Waals surface area (Å²) in [7, 11) is 0. The van der Waals surface area contributed by atoms with Crippen molar-refractivity contribution in [3.05, 3.63) is 68.7 Å². The van der Waals surface area contributed by atoms with Crippen molar-refractivity contribution in [1.82, 2.24) is 0 Å². The molecule has 0 bridgehead atoms. The predicted octanol–water partition coefficient (Wildman–Crippen LogP) is 4.87. The van der Waals surface area contributed by atoms with Gasteiger partial charge >= 0.3 is 0 Å². The summed E-state index contributed by atoms with van der Waals surface area (Å²) in [5.74, 6) is 0.0264. The number of halogens is 2. The lowest BCUT2D eigenvalue weighted by Crippen LogP contribution is -1.85. The zero-order chi connectivity index (χ0) is 13.1. The van der Waals surface area contributed by atoms with Crippen molar-refractivity contribution < 1.29 is 10.2 Å². The fraction of sp³-hybridized carbons (Fsp3) is 0. The number of benzene rings is 1. The van der Waals surface area contributed by atoms with E-state index in [0.717, 1.165) is 10.0 Å². The van der Waals surface area contributed by atoms with Crippen LogP contribution in [0.2, 0.25) is 0 Å². The summed E-state index contributed by atoms with van der Waals surface area (Å²) in [6.07, 6.45) is 11.0. The molecule has 1 aliphatic carbocycles. The van der Waals surface area contributed by atoms with E-state index < -0.39 is 0 Å². The minimum absolute atomic E-state index is 0.00991. The highest BCUT2D eigenvalue weighted by molar-refractivity contribution is 9.11. The van der Waals surface area contributed by atoms with E-state index in [1.165, 1.54) is 0 Å². The fourth-order valence-corrected chi connectivity index (χ4v) is 2.75. The molecule has 1 aliphatic rings. The molecule has 0 heterocycles. The van der Waals surface area contributed by atoms with Gasteiger partial charge in [-0.2, -0.15) is 0 Å². The van der Waals surface area contributed by atoms with E-state index in [9.17, 15) is 10.2 Å². The first-order valence-corrected chi connectivity index (χ1v) is 6.80. The van der Waals surface area contributed by atoms with E-state index in [1.807, 2.05) is 24.3 Å². The summed E-state index contributed by atoms with van der Waals surface area (Å²) in [5, 5.41) is 19.8. The minimum Gasteiger partial charge on any atom is -0.507 e. The second-order valence-corrected chi connectivity index (χ2v) is 5.49. The molecule has 1 aromatic rings. The van der Waals surface area contributed by atoms with Gasteiger partial charge in [0.25, 0.3) is 0 Å². The quantitative estimate of drug-likeness (QED) is 0.730. The number of phenolic OH excluding ortho intramolecular Hbond substituents is 1. The van der Waals surface area contributed by atoms with Gasteiger partial charge in [0.1, 0.15) is 11.5 Å². The van der Waals surface area contributed by atoms with E-state index >= 15 is 0 Å². The minimum atomic E-state index is 0.00991. The maximum absolute atomic E-state index is 9.98. The van der Waals surface area contributed by atoms with E-state index in [2.05, 4.69) is 31.9 Å². The van der Waals surface area contributed by atoms with Gasteiger partial charge in [-0.15, -0.1) is 0 Å². The molecular weight excluding hydrogens is 360 g/mol. The molecule has 0 spiro atoms. The number of allylic oxidation sites excluding steroid dienone is 7. The van der Waals surface area contributed by atoms with Crippen molar-refractivity contribution in [2.24, 2.45) is 0 Å². The van der Waals surface area contributed by atoms with Crippen molar-refractivity contribution in [3.8, 4) is 5.75 Å².